The minimum atomic E-state index is -3.99. The number of hydrogen-bond acceptors (Lipinski definition) is 4. The van der Waals surface area contributed by atoms with Crippen molar-refractivity contribution < 1.29 is 18.0 Å². The molecule has 0 aliphatic rings. The second-order valence-electron chi connectivity index (χ2n) is 8.90. The van der Waals surface area contributed by atoms with Crippen molar-refractivity contribution in [3.05, 3.63) is 102 Å². The van der Waals surface area contributed by atoms with E-state index in [0.717, 1.165) is 25.3 Å². The van der Waals surface area contributed by atoms with Crippen molar-refractivity contribution in [2.45, 2.75) is 25.9 Å². The maximum absolute atomic E-state index is 14.0. The van der Waals surface area contributed by atoms with Crippen LogP contribution in [0.1, 0.15) is 16.7 Å². The van der Waals surface area contributed by atoms with Crippen molar-refractivity contribution >= 4 is 27.7 Å². The van der Waals surface area contributed by atoms with Gasteiger partial charge < -0.3 is 10.2 Å². The third-order valence-corrected chi connectivity index (χ3v) is 8.00. The molecule has 196 valence electrons. The first kappa shape index (κ1) is 27.9. The zero-order chi connectivity index (χ0) is 27.0. The molecule has 8 nitrogen and oxygen atoms in total. The van der Waals surface area contributed by atoms with Gasteiger partial charge in [-0.15, -0.1) is 0 Å². The van der Waals surface area contributed by atoms with E-state index in [9.17, 15) is 18.0 Å². The first-order valence-corrected chi connectivity index (χ1v) is 13.4. The molecule has 3 aromatic carbocycles. The molecular formula is C28H34N4O4S. The maximum Gasteiger partial charge on any atom is 0.304 e. The number of likely N-dealkylation sites (N-methyl/N-ethyl adjacent to an activating group) is 1. The molecule has 0 unspecified atom stereocenters. The summed E-state index contributed by atoms with van der Waals surface area (Å²) in [7, 11) is 0.378. The van der Waals surface area contributed by atoms with Gasteiger partial charge in [0.25, 0.3) is 0 Å². The van der Waals surface area contributed by atoms with Gasteiger partial charge in [0.05, 0.1) is 5.69 Å². The van der Waals surface area contributed by atoms with E-state index in [-0.39, 0.29) is 18.9 Å². The van der Waals surface area contributed by atoms with E-state index in [0.29, 0.717) is 5.69 Å². The molecule has 0 spiro atoms. The lowest BCUT2D eigenvalue weighted by atomic mass is 10.0. The van der Waals surface area contributed by atoms with Crippen LogP contribution in [0.2, 0.25) is 0 Å². The van der Waals surface area contributed by atoms with Gasteiger partial charge in [0, 0.05) is 34.1 Å². The largest absolute Gasteiger partial charge is 0.357 e. The summed E-state index contributed by atoms with van der Waals surface area (Å²) in [6.45, 7) is 1.64. The number of rotatable bonds is 11. The van der Waals surface area contributed by atoms with Gasteiger partial charge in [-0.05, 0) is 35.7 Å². The monoisotopic (exact) mass is 522 g/mol. The standard InChI is InChI=1S/C28H34N4O4S/c1-22-13-11-12-16-24(22)20-31(26(28(34)29-2)19-23-14-7-5-8-15-23)27(33)21-32(37(35,36)30(3)4)25-17-9-6-10-18-25/h5-18,26H,19-21H2,1-4H3,(H,29,34)/t26-/m1/s1. The molecule has 0 bridgehead atoms. The molecule has 0 aromatic heterocycles. The van der Waals surface area contributed by atoms with Crippen LogP contribution >= 0.6 is 0 Å². The van der Waals surface area contributed by atoms with Crippen LogP contribution in [0.15, 0.2) is 84.9 Å². The van der Waals surface area contributed by atoms with E-state index in [1.165, 1.54) is 26.0 Å². The SMILES string of the molecule is CNC(=O)[C@@H](Cc1ccccc1)N(Cc1ccccc1C)C(=O)CN(c1ccccc1)S(=O)(=O)N(C)C. The van der Waals surface area contributed by atoms with E-state index in [2.05, 4.69) is 5.32 Å². The Hall–Kier alpha value is -3.69. The van der Waals surface area contributed by atoms with Gasteiger partial charge in [-0.2, -0.15) is 12.7 Å². The van der Waals surface area contributed by atoms with Crippen molar-refractivity contribution in [3.8, 4) is 0 Å². The fourth-order valence-corrected chi connectivity index (χ4v) is 5.06. The molecule has 3 aromatic rings. The lowest BCUT2D eigenvalue weighted by Crippen LogP contribution is -2.53. The molecule has 1 N–H and O–H groups in total. The predicted molar refractivity (Wildman–Crippen MR) is 146 cm³/mol. The average molecular weight is 523 g/mol. The highest BCUT2D eigenvalue weighted by molar-refractivity contribution is 7.90. The number of para-hydroxylation sites is 1. The molecule has 0 heterocycles. The number of amides is 2. The van der Waals surface area contributed by atoms with Crippen LogP contribution in [0.25, 0.3) is 0 Å². The van der Waals surface area contributed by atoms with Crippen molar-refractivity contribution in [3.63, 3.8) is 0 Å². The zero-order valence-corrected chi connectivity index (χ0v) is 22.5. The van der Waals surface area contributed by atoms with Gasteiger partial charge >= 0.3 is 10.2 Å². The molecule has 9 heteroatoms. The maximum atomic E-state index is 14.0. The quantitative estimate of drug-likeness (QED) is 0.419. The number of carbonyl (C=O) groups is 2. The third kappa shape index (κ3) is 6.96. The van der Waals surface area contributed by atoms with E-state index in [4.69, 9.17) is 0 Å². The summed E-state index contributed by atoms with van der Waals surface area (Å²) in [5.41, 5.74) is 3.09. The highest BCUT2D eigenvalue weighted by Gasteiger charge is 2.34. The van der Waals surface area contributed by atoms with Crippen molar-refractivity contribution in [1.29, 1.82) is 0 Å². The Labute approximate surface area is 219 Å². The number of carbonyl (C=O) groups excluding carboxylic acids is 2. The number of anilines is 1. The van der Waals surface area contributed by atoms with Gasteiger partial charge in [-0.1, -0.05) is 72.8 Å². The Morgan fingerprint density at radius 2 is 1.43 bits per heavy atom. The zero-order valence-electron chi connectivity index (χ0n) is 21.7. The second-order valence-corrected chi connectivity index (χ2v) is 11.0. The van der Waals surface area contributed by atoms with Crippen LogP contribution < -0.4 is 9.62 Å². The number of nitrogens with zero attached hydrogens (tertiary/aromatic N) is 3. The van der Waals surface area contributed by atoms with E-state index >= 15 is 0 Å². The van der Waals surface area contributed by atoms with Crippen LogP contribution in [-0.2, 0) is 32.8 Å². The molecule has 0 saturated heterocycles. The molecule has 0 fully saturated rings. The molecule has 0 saturated carbocycles. The molecule has 0 radical (unpaired) electrons. The molecule has 2 amide bonds. The second kappa shape index (κ2) is 12.5. The van der Waals surface area contributed by atoms with E-state index in [1.54, 1.807) is 30.3 Å². The summed E-state index contributed by atoms with van der Waals surface area (Å²) in [6.07, 6.45) is 0.282. The summed E-state index contributed by atoms with van der Waals surface area (Å²) in [4.78, 5) is 28.6. The summed E-state index contributed by atoms with van der Waals surface area (Å²) >= 11 is 0. The molecule has 3 rings (SSSR count). The van der Waals surface area contributed by atoms with Crippen LogP contribution in [0.3, 0.4) is 0 Å². The normalized spacial score (nSPS) is 12.1. The Morgan fingerprint density at radius 3 is 2.00 bits per heavy atom. The Kier molecular flexibility index (Phi) is 9.43. The number of benzene rings is 3. The minimum absolute atomic E-state index is 0.154. The Bertz CT molecular complexity index is 1300. The van der Waals surface area contributed by atoms with E-state index in [1.807, 2.05) is 61.5 Å². The lowest BCUT2D eigenvalue weighted by Gasteiger charge is -2.34. The summed E-state index contributed by atoms with van der Waals surface area (Å²) in [5, 5.41) is 2.68. The Balaban J connectivity index is 2.06. The molecule has 37 heavy (non-hydrogen) atoms. The molecular weight excluding hydrogens is 488 g/mol. The summed E-state index contributed by atoms with van der Waals surface area (Å²) < 4.78 is 28.7. The van der Waals surface area contributed by atoms with E-state index < -0.39 is 28.7 Å². The van der Waals surface area contributed by atoms with Gasteiger partial charge in [-0.25, -0.2) is 4.31 Å². The lowest BCUT2D eigenvalue weighted by molar-refractivity contribution is -0.139. The van der Waals surface area contributed by atoms with Crippen LogP contribution in [0.4, 0.5) is 5.69 Å². The molecule has 0 aliphatic carbocycles. The number of hydrogen-bond donors (Lipinski definition) is 1. The van der Waals surface area contributed by atoms with Gasteiger partial charge in [0.15, 0.2) is 0 Å². The average Bonchev–Trinajstić information content (AvgIpc) is 2.90. The molecule has 1 atom stereocenters. The highest BCUT2D eigenvalue weighted by Crippen LogP contribution is 2.22. The van der Waals surface area contributed by atoms with Crippen LogP contribution in [-0.4, -0.2) is 63.2 Å². The summed E-state index contributed by atoms with van der Waals surface area (Å²) in [6, 6.07) is 24.7. The van der Waals surface area contributed by atoms with Crippen LogP contribution in [0, 0.1) is 6.92 Å². The fraction of sp³-hybridized carbons (Fsp3) is 0.286. The smallest absolute Gasteiger partial charge is 0.304 e. The van der Waals surface area contributed by atoms with Crippen molar-refractivity contribution in [2.24, 2.45) is 0 Å². The van der Waals surface area contributed by atoms with Crippen LogP contribution in [0.5, 0.6) is 0 Å². The predicted octanol–water partition coefficient (Wildman–Crippen LogP) is 2.99. The van der Waals surface area contributed by atoms with Gasteiger partial charge in [0.2, 0.25) is 11.8 Å². The topological polar surface area (TPSA) is 90.0 Å². The number of nitrogens with one attached hydrogen (secondary N) is 1. The molecule has 0 aliphatic heterocycles. The summed E-state index contributed by atoms with van der Waals surface area (Å²) in [5.74, 6) is -0.811. The van der Waals surface area contributed by atoms with Crippen molar-refractivity contribution in [2.75, 3.05) is 32.0 Å². The van der Waals surface area contributed by atoms with Crippen molar-refractivity contribution in [1.82, 2.24) is 14.5 Å². The minimum Gasteiger partial charge on any atom is -0.357 e. The first-order valence-electron chi connectivity index (χ1n) is 12.0. The highest BCUT2D eigenvalue weighted by atomic mass is 32.2. The van der Waals surface area contributed by atoms with Gasteiger partial charge in [-0.3, -0.25) is 9.59 Å². The van der Waals surface area contributed by atoms with Gasteiger partial charge in [0.1, 0.15) is 12.6 Å². The Morgan fingerprint density at radius 1 is 0.865 bits per heavy atom. The number of aryl methyl sites for hydroxylation is 1. The third-order valence-electron chi connectivity index (χ3n) is 6.18. The fourth-order valence-electron chi connectivity index (χ4n) is 4.00. The first-order chi connectivity index (χ1) is 17.6.